The summed E-state index contributed by atoms with van der Waals surface area (Å²) >= 11 is 0. The number of amides is 1. The van der Waals surface area contributed by atoms with Crippen LogP contribution in [-0.4, -0.2) is 37.6 Å². The summed E-state index contributed by atoms with van der Waals surface area (Å²) in [5.41, 5.74) is 6.39. The third-order valence-corrected chi connectivity index (χ3v) is 8.44. The average Bonchev–Trinajstić information content (AvgIpc) is 2.75. The summed E-state index contributed by atoms with van der Waals surface area (Å²) in [7, 11) is 4.76. The molecule has 0 saturated carbocycles. The van der Waals surface area contributed by atoms with Crippen molar-refractivity contribution < 1.29 is 9.28 Å². The van der Waals surface area contributed by atoms with E-state index in [9.17, 15) is 4.79 Å². The van der Waals surface area contributed by atoms with Gasteiger partial charge in [-0.15, -0.1) is 0 Å². The first-order valence-corrected chi connectivity index (χ1v) is 11.8. The van der Waals surface area contributed by atoms with Gasteiger partial charge in [-0.2, -0.15) is 0 Å². The molecule has 0 bridgehead atoms. The van der Waals surface area contributed by atoms with E-state index < -0.39 is 0 Å². The maximum Gasteiger partial charge on any atom is 0.221 e. The van der Waals surface area contributed by atoms with E-state index in [0.29, 0.717) is 11.3 Å². The van der Waals surface area contributed by atoms with E-state index in [4.69, 9.17) is 5.73 Å². The maximum atomic E-state index is 12.6. The summed E-state index contributed by atoms with van der Waals surface area (Å²) in [4.78, 5) is 12.6. The molecular formula is C26H53N2O+. The highest BCUT2D eigenvalue weighted by Crippen LogP contribution is 2.53. The third kappa shape index (κ3) is 6.97. The number of primary amides is 1. The Labute approximate surface area is 182 Å². The first kappa shape index (κ1) is 26.5. The van der Waals surface area contributed by atoms with E-state index in [0.717, 1.165) is 23.2 Å². The van der Waals surface area contributed by atoms with Crippen molar-refractivity contribution in [2.45, 2.75) is 94.9 Å². The van der Waals surface area contributed by atoms with Gasteiger partial charge in [0, 0.05) is 17.8 Å². The van der Waals surface area contributed by atoms with Crippen LogP contribution >= 0.6 is 0 Å². The first-order valence-electron chi connectivity index (χ1n) is 11.8. The monoisotopic (exact) mass is 409 g/mol. The fourth-order valence-electron chi connectivity index (χ4n) is 5.69. The lowest BCUT2D eigenvalue weighted by Gasteiger charge is -2.49. The summed E-state index contributed by atoms with van der Waals surface area (Å²) in [5, 5.41) is 0. The van der Waals surface area contributed by atoms with Crippen LogP contribution in [0.25, 0.3) is 0 Å². The molecule has 1 fully saturated rings. The molecule has 29 heavy (non-hydrogen) atoms. The van der Waals surface area contributed by atoms with Gasteiger partial charge in [0.2, 0.25) is 5.91 Å². The van der Waals surface area contributed by atoms with Gasteiger partial charge in [-0.05, 0) is 40.9 Å². The van der Waals surface area contributed by atoms with Gasteiger partial charge in [0.05, 0.1) is 27.2 Å². The standard InChI is InChI=1S/C26H52N2O/c1-13-24(5,6)16-21(22(27)29)26(9,10)25(7,8)15-20-18-28(11,12)17-19(20)14-23(2,3)4/h19-21H,13-18H2,1-12H3,(H-,27,29)/p+1. The predicted molar refractivity (Wildman–Crippen MR) is 126 cm³/mol. The molecule has 3 atom stereocenters. The highest BCUT2D eigenvalue weighted by atomic mass is 16.1. The number of carbonyl (C=O) groups is 1. The van der Waals surface area contributed by atoms with Crippen LogP contribution in [0, 0.1) is 39.4 Å². The largest absolute Gasteiger partial charge is 0.369 e. The maximum absolute atomic E-state index is 12.6. The van der Waals surface area contributed by atoms with Crippen molar-refractivity contribution in [3.05, 3.63) is 0 Å². The molecule has 0 spiro atoms. The van der Waals surface area contributed by atoms with E-state index in [1.807, 2.05) is 0 Å². The van der Waals surface area contributed by atoms with Crippen molar-refractivity contribution in [1.29, 1.82) is 0 Å². The van der Waals surface area contributed by atoms with Crippen molar-refractivity contribution in [1.82, 2.24) is 0 Å². The van der Waals surface area contributed by atoms with Gasteiger partial charge >= 0.3 is 0 Å². The summed E-state index contributed by atoms with van der Waals surface area (Å²) in [6, 6.07) is 0. The van der Waals surface area contributed by atoms with E-state index in [2.05, 4.69) is 83.3 Å². The molecule has 1 saturated heterocycles. The Morgan fingerprint density at radius 3 is 1.76 bits per heavy atom. The quantitative estimate of drug-likeness (QED) is 0.458. The van der Waals surface area contributed by atoms with Crippen molar-refractivity contribution in [2.75, 3.05) is 27.2 Å². The number of nitrogens with two attached hydrogens (primary N) is 1. The van der Waals surface area contributed by atoms with E-state index in [-0.39, 0.29) is 28.1 Å². The minimum absolute atomic E-state index is 0.0433. The molecule has 0 aromatic rings. The summed E-state index contributed by atoms with van der Waals surface area (Å²) in [6.07, 6.45) is 4.37. The van der Waals surface area contributed by atoms with Crippen molar-refractivity contribution >= 4 is 5.91 Å². The van der Waals surface area contributed by atoms with E-state index in [1.165, 1.54) is 25.9 Å². The molecular weight excluding hydrogens is 356 g/mol. The van der Waals surface area contributed by atoms with Gasteiger partial charge in [-0.25, -0.2) is 0 Å². The van der Waals surface area contributed by atoms with Crippen LogP contribution in [0.3, 0.4) is 0 Å². The zero-order valence-corrected chi connectivity index (χ0v) is 21.9. The second-order valence-corrected chi connectivity index (χ2v) is 14.1. The minimum Gasteiger partial charge on any atom is -0.369 e. The first-order chi connectivity index (χ1) is 12.7. The van der Waals surface area contributed by atoms with Gasteiger partial charge < -0.3 is 10.2 Å². The molecule has 1 heterocycles. The van der Waals surface area contributed by atoms with Gasteiger partial charge in [0.1, 0.15) is 0 Å². The van der Waals surface area contributed by atoms with Crippen LogP contribution in [-0.2, 0) is 4.79 Å². The number of rotatable bonds is 9. The normalized spacial score (nSPS) is 24.6. The molecule has 0 aromatic carbocycles. The molecule has 1 aliphatic rings. The Bertz CT molecular complexity index is 566. The van der Waals surface area contributed by atoms with Crippen LogP contribution in [0.2, 0.25) is 0 Å². The van der Waals surface area contributed by atoms with Crippen LogP contribution in [0.4, 0.5) is 0 Å². The molecule has 172 valence electrons. The Balaban J connectivity index is 3.14. The Morgan fingerprint density at radius 1 is 0.931 bits per heavy atom. The minimum atomic E-state index is -0.142. The molecule has 1 amide bonds. The number of hydrogen-bond acceptors (Lipinski definition) is 1. The van der Waals surface area contributed by atoms with Crippen molar-refractivity contribution in [3.8, 4) is 0 Å². The highest BCUT2D eigenvalue weighted by molar-refractivity contribution is 5.77. The lowest BCUT2D eigenvalue weighted by molar-refractivity contribution is -0.880. The molecule has 3 unspecified atom stereocenters. The van der Waals surface area contributed by atoms with Crippen LogP contribution in [0.15, 0.2) is 0 Å². The van der Waals surface area contributed by atoms with E-state index in [1.54, 1.807) is 0 Å². The smallest absolute Gasteiger partial charge is 0.221 e. The number of carbonyl (C=O) groups excluding carboxylic acids is 1. The fourth-order valence-corrected chi connectivity index (χ4v) is 5.69. The van der Waals surface area contributed by atoms with Gasteiger partial charge in [-0.1, -0.05) is 75.7 Å². The Kier molecular flexibility index (Phi) is 7.77. The molecule has 0 radical (unpaired) electrons. The predicted octanol–water partition coefficient (Wildman–Crippen LogP) is 6.12. The second kappa shape index (κ2) is 8.52. The molecule has 3 nitrogen and oxygen atoms in total. The SMILES string of the molecule is CCC(C)(C)CC(C(N)=O)C(C)(C)C(C)(C)CC1C[N+](C)(C)CC1CC(C)(C)C. The topological polar surface area (TPSA) is 43.1 Å². The molecule has 1 aliphatic heterocycles. The Morgan fingerprint density at radius 2 is 1.38 bits per heavy atom. The number of hydrogen-bond donors (Lipinski definition) is 1. The van der Waals surface area contributed by atoms with Crippen LogP contribution < -0.4 is 5.73 Å². The molecule has 1 rings (SSSR count). The molecule has 0 aliphatic carbocycles. The summed E-state index contributed by atoms with van der Waals surface area (Å²) < 4.78 is 1.12. The van der Waals surface area contributed by atoms with Crippen molar-refractivity contribution in [3.63, 3.8) is 0 Å². The lowest BCUT2D eigenvalue weighted by Crippen LogP contribution is -2.48. The zero-order valence-electron chi connectivity index (χ0n) is 21.9. The number of quaternary nitrogens is 1. The number of likely N-dealkylation sites (tertiary alicyclic amines) is 1. The van der Waals surface area contributed by atoms with Crippen molar-refractivity contribution in [2.24, 2.45) is 45.1 Å². The fraction of sp³-hybridized carbons (Fsp3) is 0.962. The Hall–Kier alpha value is -0.570. The van der Waals surface area contributed by atoms with Gasteiger partial charge in [-0.3, -0.25) is 4.79 Å². The number of nitrogens with zero attached hydrogens (tertiary/aromatic N) is 1. The van der Waals surface area contributed by atoms with Gasteiger partial charge in [0.25, 0.3) is 0 Å². The van der Waals surface area contributed by atoms with Crippen LogP contribution in [0.5, 0.6) is 0 Å². The summed E-state index contributed by atoms with van der Waals surface area (Å²) in [5.74, 6) is 1.22. The highest BCUT2D eigenvalue weighted by Gasteiger charge is 2.51. The molecule has 3 heteroatoms. The molecule has 0 aromatic heterocycles. The summed E-state index contributed by atoms with van der Waals surface area (Å²) in [6.45, 7) is 25.7. The van der Waals surface area contributed by atoms with E-state index >= 15 is 0 Å². The second-order valence-electron chi connectivity index (χ2n) is 14.1. The molecule has 2 N–H and O–H groups in total. The van der Waals surface area contributed by atoms with Gasteiger partial charge in [0.15, 0.2) is 0 Å². The zero-order chi connectivity index (χ0) is 23.1. The average molecular weight is 410 g/mol. The lowest BCUT2D eigenvalue weighted by atomic mass is 9.55. The van der Waals surface area contributed by atoms with Crippen LogP contribution in [0.1, 0.15) is 94.9 Å². The third-order valence-electron chi connectivity index (χ3n) is 8.44.